The van der Waals surface area contributed by atoms with Gasteiger partial charge in [-0.25, -0.2) is 0 Å². The molecular formula is C34H46O10. The molecule has 0 spiro atoms. The average molecular weight is 615 g/mol. The molecule has 0 aliphatic carbocycles. The maximum atomic E-state index is 11.7. The lowest BCUT2D eigenvalue weighted by atomic mass is 9.93. The predicted molar refractivity (Wildman–Crippen MR) is 159 cm³/mol. The third-order valence-electron chi connectivity index (χ3n) is 8.62. The minimum atomic E-state index is -1.01. The third kappa shape index (κ3) is 6.79. The first-order chi connectivity index (χ1) is 21.0. The summed E-state index contributed by atoms with van der Waals surface area (Å²) in [6.45, 7) is 12.0. The number of hydrogen-bond acceptors (Lipinski definition) is 10. The van der Waals surface area contributed by atoms with Crippen LogP contribution in [-0.2, 0) is 55.9 Å². The summed E-state index contributed by atoms with van der Waals surface area (Å²) < 4.78 is 47.4. The van der Waals surface area contributed by atoms with E-state index < -0.39 is 47.6 Å². The van der Waals surface area contributed by atoms with Gasteiger partial charge in [0.05, 0.1) is 19.8 Å². The van der Waals surface area contributed by atoms with Crippen LogP contribution in [0.1, 0.15) is 65.5 Å². The van der Waals surface area contributed by atoms with Crippen molar-refractivity contribution >= 4 is 6.29 Å². The van der Waals surface area contributed by atoms with E-state index in [1.165, 1.54) is 0 Å². The summed E-state index contributed by atoms with van der Waals surface area (Å²) in [6.07, 6.45) is -0.685. The van der Waals surface area contributed by atoms with Crippen LogP contribution in [-0.4, -0.2) is 77.8 Å². The molecule has 2 unspecified atom stereocenters. The van der Waals surface area contributed by atoms with E-state index in [1.54, 1.807) is 0 Å². The molecule has 4 saturated heterocycles. The molecule has 2 aromatic rings. The van der Waals surface area contributed by atoms with Gasteiger partial charge in [-0.3, -0.25) is 0 Å². The first kappa shape index (κ1) is 33.1. The molecule has 10 nitrogen and oxygen atoms in total. The fourth-order valence-electron chi connectivity index (χ4n) is 6.26. The number of rotatable bonds is 10. The fraction of sp³-hybridized carbons (Fsp3) is 0.618. The zero-order chi connectivity index (χ0) is 31.6. The van der Waals surface area contributed by atoms with Crippen molar-refractivity contribution in [1.82, 2.24) is 0 Å². The molecule has 4 aliphatic heterocycles. The van der Waals surface area contributed by atoms with Gasteiger partial charge in [-0.1, -0.05) is 74.5 Å². The Morgan fingerprint density at radius 1 is 0.682 bits per heavy atom. The summed E-state index contributed by atoms with van der Waals surface area (Å²) in [7, 11) is 0. The summed E-state index contributed by atoms with van der Waals surface area (Å²) in [6, 6.07) is 19.8. The van der Waals surface area contributed by atoms with Crippen LogP contribution >= 0.6 is 0 Å². The highest BCUT2D eigenvalue weighted by Gasteiger charge is 2.63. The number of carbonyl (C=O) groups excluding carboxylic acids is 1. The summed E-state index contributed by atoms with van der Waals surface area (Å²) in [4.78, 5) is 11.7. The topological polar surface area (TPSA) is 111 Å². The van der Waals surface area contributed by atoms with E-state index in [1.807, 2.05) is 102 Å². The first-order valence-electron chi connectivity index (χ1n) is 15.4. The van der Waals surface area contributed by atoms with Gasteiger partial charge in [-0.05, 0) is 51.7 Å². The zero-order valence-electron chi connectivity index (χ0n) is 26.5. The number of aliphatic hydroxyl groups is 1. The molecule has 44 heavy (non-hydrogen) atoms. The van der Waals surface area contributed by atoms with Crippen molar-refractivity contribution in [3.63, 3.8) is 0 Å². The highest BCUT2D eigenvalue weighted by atomic mass is 16.9. The molecule has 6 rings (SSSR count). The van der Waals surface area contributed by atoms with Gasteiger partial charge in [0, 0.05) is 0 Å². The molecule has 0 aromatic heterocycles. The molecular weight excluding hydrogens is 568 g/mol. The van der Waals surface area contributed by atoms with Crippen LogP contribution < -0.4 is 0 Å². The Kier molecular flexibility index (Phi) is 9.96. The number of benzene rings is 2. The van der Waals surface area contributed by atoms with Gasteiger partial charge in [-0.2, -0.15) is 0 Å². The SMILES string of the molecule is CC[C@@]1(C=O)O[C@@H]2OC(C)(C)O[C@H]2C1OCc1ccccc1.CC[C@@]1(CO)O[C@@H]2OC(C)(C)O[C@H]2C1OCc1ccccc1. The second-order valence-corrected chi connectivity index (χ2v) is 12.6. The Morgan fingerprint density at radius 3 is 1.61 bits per heavy atom. The van der Waals surface area contributed by atoms with E-state index in [-0.39, 0.29) is 18.8 Å². The Hall–Kier alpha value is -2.25. The summed E-state index contributed by atoms with van der Waals surface area (Å²) in [5.74, 6) is -1.43. The maximum Gasteiger partial charge on any atom is 0.191 e. The largest absolute Gasteiger partial charge is 0.393 e. The van der Waals surface area contributed by atoms with Crippen molar-refractivity contribution < 1.29 is 47.8 Å². The summed E-state index contributed by atoms with van der Waals surface area (Å²) in [5, 5.41) is 9.85. The lowest BCUT2D eigenvalue weighted by Crippen LogP contribution is -2.49. The predicted octanol–water partition coefficient (Wildman–Crippen LogP) is 4.65. The van der Waals surface area contributed by atoms with Crippen molar-refractivity contribution in [2.75, 3.05) is 6.61 Å². The van der Waals surface area contributed by atoms with Crippen molar-refractivity contribution in [3.05, 3.63) is 71.8 Å². The van der Waals surface area contributed by atoms with E-state index in [9.17, 15) is 9.90 Å². The molecule has 4 aliphatic rings. The average Bonchev–Trinajstić information content (AvgIpc) is 3.67. The Labute approximate surface area is 259 Å². The fourth-order valence-corrected chi connectivity index (χ4v) is 6.26. The van der Waals surface area contributed by atoms with Crippen LogP contribution in [0.2, 0.25) is 0 Å². The summed E-state index contributed by atoms with van der Waals surface area (Å²) >= 11 is 0. The van der Waals surface area contributed by atoms with Crippen LogP contribution in [0.3, 0.4) is 0 Å². The normalized spacial score (nSPS) is 36.3. The second-order valence-electron chi connectivity index (χ2n) is 12.6. The van der Waals surface area contributed by atoms with Crippen LogP contribution in [0.4, 0.5) is 0 Å². The molecule has 2 aromatic carbocycles. The van der Waals surface area contributed by atoms with Crippen LogP contribution in [0, 0.1) is 0 Å². The van der Waals surface area contributed by atoms with Gasteiger partial charge in [0.1, 0.15) is 30.0 Å². The first-order valence-corrected chi connectivity index (χ1v) is 15.4. The van der Waals surface area contributed by atoms with E-state index in [2.05, 4.69) is 0 Å². The highest BCUT2D eigenvalue weighted by Crippen LogP contribution is 2.46. The molecule has 10 heteroatoms. The highest BCUT2D eigenvalue weighted by molar-refractivity contribution is 5.65. The number of carbonyl (C=O) groups is 1. The Balaban J connectivity index is 0.000000175. The van der Waals surface area contributed by atoms with Crippen LogP contribution in [0.5, 0.6) is 0 Å². The zero-order valence-corrected chi connectivity index (χ0v) is 26.5. The van der Waals surface area contributed by atoms with Crippen molar-refractivity contribution in [1.29, 1.82) is 0 Å². The molecule has 8 atom stereocenters. The minimum absolute atomic E-state index is 0.122. The third-order valence-corrected chi connectivity index (χ3v) is 8.62. The molecule has 0 radical (unpaired) electrons. The van der Waals surface area contributed by atoms with Gasteiger partial charge in [0.2, 0.25) is 0 Å². The molecule has 242 valence electrons. The number of hydrogen-bond donors (Lipinski definition) is 1. The molecule has 4 fully saturated rings. The van der Waals surface area contributed by atoms with Crippen LogP contribution in [0.15, 0.2) is 60.7 Å². The van der Waals surface area contributed by atoms with E-state index in [0.29, 0.717) is 26.1 Å². The molecule has 0 saturated carbocycles. The van der Waals surface area contributed by atoms with E-state index in [4.69, 9.17) is 37.9 Å². The molecule has 1 N–H and O–H groups in total. The van der Waals surface area contributed by atoms with Crippen molar-refractivity contribution in [3.8, 4) is 0 Å². The van der Waals surface area contributed by atoms with Gasteiger partial charge >= 0.3 is 0 Å². The Bertz CT molecular complexity index is 1220. The number of aliphatic hydroxyl groups excluding tert-OH is 1. The second kappa shape index (κ2) is 13.2. The summed E-state index contributed by atoms with van der Waals surface area (Å²) in [5.41, 5.74) is 0.327. The lowest BCUT2D eigenvalue weighted by Gasteiger charge is -2.34. The number of aldehydes is 1. The van der Waals surface area contributed by atoms with Crippen molar-refractivity contribution in [2.24, 2.45) is 0 Å². The monoisotopic (exact) mass is 614 g/mol. The van der Waals surface area contributed by atoms with Gasteiger partial charge in [0.25, 0.3) is 0 Å². The minimum Gasteiger partial charge on any atom is -0.393 e. The lowest BCUT2D eigenvalue weighted by molar-refractivity contribution is -0.252. The molecule has 4 heterocycles. The van der Waals surface area contributed by atoms with E-state index >= 15 is 0 Å². The number of ether oxygens (including phenoxy) is 8. The smallest absolute Gasteiger partial charge is 0.191 e. The van der Waals surface area contributed by atoms with Crippen molar-refractivity contribution in [2.45, 2.75) is 127 Å². The van der Waals surface area contributed by atoms with E-state index in [0.717, 1.165) is 17.4 Å². The molecule has 0 amide bonds. The maximum absolute atomic E-state index is 11.7. The van der Waals surface area contributed by atoms with Gasteiger partial charge in [-0.15, -0.1) is 0 Å². The van der Waals surface area contributed by atoms with Gasteiger partial charge in [0.15, 0.2) is 36.0 Å². The van der Waals surface area contributed by atoms with Gasteiger partial charge < -0.3 is 47.8 Å². The standard InChI is InChI=1S/C17H24O5.C17H22O5/c2*1-4-17(11-18)14(19-10-12-8-6-5-7-9-12)13-15(22-17)21-16(2,3)20-13/h5-9,13-15,18H,4,10-11H2,1-3H3;5-9,11,13-15H,4,10H2,1-3H3/t2*13-,14?,15-,17-/m00/s1. The number of fused-ring (bicyclic) bond motifs is 2. The quantitative estimate of drug-likeness (QED) is 0.380. The van der Waals surface area contributed by atoms with Crippen LogP contribution in [0.25, 0.3) is 0 Å². The Morgan fingerprint density at radius 2 is 1.16 bits per heavy atom. The molecule has 0 bridgehead atoms.